The van der Waals surface area contributed by atoms with E-state index in [2.05, 4.69) is 15.5 Å². The van der Waals surface area contributed by atoms with Gasteiger partial charge in [-0.25, -0.2) is 0 Å². The van der Waals surface area contributed by atoms with Crippen molar-refractivity contribution < 1.29 is 8.42 Å². The number of para-hydroxylation sites is 1. The summed E-state index contributed by atoms with van der Waals surface area (Å²) in [6.45, 7) is 4.46. The van der Waals surface area contributed by atoms with E-state index >= 15 is 0 Å². The molecule has 0 aliphatic heterocycles. The lowest BCUT2D eigenvalue weighted by molar-refractivity contribution is 0.572. The number of anilines is 1. The summed E-state index contributed by atoms with van der Waals surface area (Å²) in [6.07, 6.45) is 1.54. The van der Waals surface area contributed by atoms with Crippen molar-refractivity contribution in [3.63, 3.8) is 0 Å². The molecular formula is C14H20N4O2S. The highest BCUT2D eigenvalue weighted by molar-refractivity contribution is 7.92. The molecule has 0 aliphatic carbocycles. The van der Waals surface area contributed by atoms with E-state index in [1.165, 1.54) is 11.4 Å². The predicted molar refractivity (Wildman–Crippen MR) is 82.6 cm³/mol. The van der Waals surface area contributed by atoms with Crippen LogP contribution in [0.4, 0.5) is 5.69 Å². The average Bonchev–Trinajstić information content (AvgIpc) is 2.94. The van der Waals surface area contributed by atoms with Crippen LogP contribution < -0.4 is 9.62 Å². The lowest BCUT2D eigenvalue weighted by Crippen LogP contribution is -2.29. The van der Waals surface area contributed by atoms with Crippen molar-refractivity contribution in [1.82, 2.24) is 15.5 Å². The topological polar surface area (TPSA) is 78.1 Å². The summed E-state index contributed by atoms with van der Waals surface area (Å²) in [5.41, 5.74) is 1.24. The van der Waals surface area contributed by atoms with Gasteiger partial charge in [0.2, 0.25) is 0 Å². The summed E-state index contributed by atoms with van der Waals surface area (Å²) in [5.74, 6) is 0. The molecular weight excluding hydrogens is 288 g/mol. The normalized spacial score (nSPS) is 11.8. The molecule has 2 N–H and O–H groups in total. The number of hydrogen-bond donors (Lipinski definition) is 2. The zero-order valence-electron chi connectivity index (χ0n) is 12.4. The molecule has 0 amide bonds. The minimum absolute atomic E-state index is 0.127. The summed E-state index contributed by atoms with van der Waals surface area (Å²) < 4.78 is 26.6. The van der Waals surface area contributed by atoms with E-state index in [0.29, 0.717) is 17.8 Å². The molecule has 0 bridgehead atoms. The second kappa shape index (κ2) is 6.28. The van der Waals surface area contributed by atoms with Crippen molar-refractivity contribution in [1.29, 1.82) is 0 Å². The summed E-state index contributed by atoms with van der Waals surface area (Å²) in [6, 6.07) is 9.21. The summed E-state index contributed by atoms with van der Waals surface area (Å²) in [4.78, 5) is 0. The molecule has 0 spiro atoms. The SMILES string of the molecule is CC(C)NCc1cn[nH]c1S(=O)(=O)N(C)c1ccccc1. The van der Waals surface area contributed by atoms with Gasteiger partial charge < -0.3 is 5.32 Å². The van der Waals surface area contributed by atoms with E-state index in [0.717, 1.165) is 0 Å². The smallest absolute Gasteiger partial charge is 0.281 e. The van der Waals surface area contributed by atoms with Crippen LogP contribution >= 0.6 is 0 Å². The number of sulfonamides is 1. The molecule has 0 fully saturated rings. The van der Waals surface area contributed by atoms with Gasteiger partial charge in [-0.1, -0.05) is 32.0 Å². The molecule has 114 valence electrons. The Bertz CT molecular complexity index is 680. The standard InChI is InChI=1S/C14H20N4O2S/c1-11(2)15-9-12-10-16-17-14(12)21(19,20)18(3)13-7-5-4-6-8-13/h4-8,10-11,15H,9H2,1-3H3,(H,16,17). The molecule has 2 rings (SSSR count). The first kappa shape index (κ1) is 15.5. The molecule has 0 saturated carbocycles. The minimum Gasteiger partial charge on any atom is -0.310 e. The van der Waals surface area contributed by atoms with Crippen LogP contribution in [0.1, 0.15) is 19.4 Å². The molecule has 1 heterocycles. The number of H-pyrrole nitrogens is 1. The molecule has 0 unspecified atom stereocenters. The van der Waals surface area contributed by atoms with E-state index in [9.17, 15) is 8.42 Å². The Morgan fingerprint density at radius 2 is 1.95 bits per heavy atom. The molecule has 0 atom stereocenters. The highest BCUT2D eigenvalue weighted by Crippen LogP contribution is 2.22. The van der Waals surface area contributed by atoms with Crippen LogP contribution in [-0.4, -0.2) is 31.7 Å². The van der Waals surface area contributed by atoms with E-state index in [1.54, 1.807) is 30.5 Å². The first-order chi connectivity index (χ1) is 9.93. The quantitative estimate of drug-likeness (QED) is 0.852. The fraction of sp³-hybridized carbons (Fsp3) is 0.357. The van der Waals surface area contributed by atoms with Crippen molar-refractivity contribution in [3.8, 4) is 0 Å². The second-order valence-corrected chi connectivity index (χ2v) is 6.97. The lowest BCUT2D eigenvalue weighted by Gasteiger charge is -2.19. The van der Waals surface area contributed by atoms with Crippen molar-refractivity contribution in [2.24, 2.45) is 0 Å². The predicted octanol–water partition coefficient (Wildman–Crippen LogP) is 1.73. The largest absolute Gasteiger partial charge is 0.310 e. The zero-order valence-corrected chi connectivity index (χ0v) is 13.2. The van der Waals surface area contributed by atoms with E-state index in [4.69, 9.17) is 0 Å². The van der Waals surface area contributed by atoms with Crippen molar-refractivity contribution >= 4 is 15.7 Å². The average molecular weight is 308 g/mol. The number of nitrogens with one attached hydrogen (secondary N) is 2. The first-order valence-corrected chi connectivity index (χ1v) is 8.16. The Labute approximate surface area is 125 Å². The maximum absolute atomic E-state index is 12.7. The summed E-state index contributed by atoms with van der Waals surface area (Å²) in [5, 5.41) is 9.80. The van der Waals surface area contributed by atoms with E-state index < -0.39 is 10.0 Å². The number of benzene rings is 1. The van der Waals surface area contributed by atoms with Crippen LogP contribution in [0.25, 0.3) is 0 Å². The molecule has 7 heteroatoms. The van der Waals surface area contributed by atoms with Crippen LogP contribution in [0, 0.1) is 0 Å². The number of aromatic amines is 1. The van der Waals surface area contributed by atoms with E-state index in [-0.39, 0.29) is 11.1 Å². The highest BCUT2D eigenvalue weighted by atomic mass is 32.2. The maximum atomic E-state index is 12.7. The number of hydrogen-bond acceptors (Lipinski definition) is 4. The summed E-state index contributed by atoms with van der Waals surface area (Å²) in [7, 11) is -2.12. The third-order valence-corrected chi connectivity index (χ3v) is 4.92. The minimum atomic E-state index is -3.65. The Hall–Kier alpha value is -1.86. The third kappa shape index (κ3) is 3.43. The Kier molecular flexibility index (Phi) is 4.64. The number of rotatable bonds is 6. The molecule has 6 nitrogen and oxygen atoms in total. The van der Waals surface area contributed by atoms with Gasteiger partial charge in [0.15, 0.2) is 5.03 Å². The van der Waals surface area contributed by atoms with Crippen molar-refractivity contribution in [2.75, 3.05) is 11.4 Å². The van der Waals surface area contributed by atoms with Crippen LogP contribution in [0.5, 0.6) is 0 Å². The molecule has 0 aliphatic rings. The van der Waals surface area contributed by atoms with Crippen molar-refractivity contribution in [3.05, 3.63) is 42.1 Å². The fourth-order valence-corrected chi connectivity index (χ4v) is 3.17. The zero-order chi connectivity index (χ0) is 15.5. The Morgan fingerprint density at radius 3 is 2.57 bits per heavy atom. The molecule has 1 aromatic carbocycles. The van der Waals surface area contributed by atoms with Gasteiger partial charge in [-0.2, -0.15) is 13.5 Å². The molecule has 0 radical (unpaired) electrons. The Balaban J connectivity index is 2.30. The molecule has 2 aromatic rings. The monoisotopic (exact) mass is 308 g/mol. The van der Waals surface area contributed by atoms with Gasteiger partial charge in [-0.15, -0.1) is 0 Å². The third-order valence-electron chi connectivity index (χ3n) is 3.12. The van der Waals surface area contributed by atoms with E-state index in [1.807, 2.05) is 19.9 Å². The van der Waals surface area contributed by atoms with Gasteiger partial charge in [0, 0.05) is 25.2 Å². The maximum Gasteiger partial charge on any atom is 0.281 e. The van der Waals surface area contributed by atoms with Gasteiger partial charge in [-0.05, 0) is 12.1 Å². The van der Waals surface area contributed by atoms with Crippen LogP contribution in [-0.2, 0) is 16.6 Å². The van der Waals surface area contributed by atoms with Crippen LogP contribution in [0.2, 0.25) is 0 Å². The number of aromatic nitrogens is 2. The molecule has 0 saturated heterocycles. The van der Waals surface area contributed by atoms with Crippen molar-refractivity contribution in [2.45, 2.75) is 31.5 Å². The van der Waals surface area contributed by atoms with Gasteiger partial charge in [0.25, 0.3) is 10.0 Å². The fourth-order valence-electron chi connectivity index (χ4n) is 1.88. The van der Waals surface area contributed by atoms with Gasteiger partial charge in [0.1, 0.15) is 0 Å². The van der Waals surface area contributed by atoms with Gasteiger partial charge in [0.05, 0.1) is 11.9 Å². The van der Waals surface area contributed by atoms with Gasteiger partial charge in [-0.3, -0.25) is 9.40 Å². The number of nitrogens with zero attached hydrogens (tertiary/aromatic N) is 2. The Morgan fingerprint density at radius 1 is 1.29 bits per heavy atom. The summed E-state index contributed by atoms with van der Waals surface area (Å²) >= 11 is 0. The lowest BCUT2D eigenvalue weighted by atomic mass is 10.3. The second-order valence-electron chi connectivity index (χ2n) is 5.07. The molecule has 1 aromatic heterocycles. The first-order valence-electron chi connectivity index (χ1n) is 6.72. The van der Waals surface area contributed by atoms with Crippen LogP contribution in [0.15, 0.2) is 41.6 Å². The van der Waals surface area contributed by atoms with Crippen LogP contribution in [0.3, 0.4) is 0 Å². The highest BCUT2D eigenvalue weighted by Gasteiger charge is 2.26. The van der Waals surface area contributed by atoms with Gasteiger partial charge >= 0.3 is 0 Å². The molecule has 21 heavy (non-hydrogen) atoms.